The molecule has 1 saturated carbocycles. The number of aromatic amines is 1. The van der Waals surface area contributed by atoms with Gasteiger partial charge in [-0.2, -0.15) is 4.98 Å². The average molecular weight is 265 g/mol. The summed E-state index contributed by atoms with van der Waals surface area (Å²) in [4.78, 5) is 6.87. The molecule has 106 valence electrons. The SMILES string of the molecule is COC1(Cc2nc(N3CCNC(C)C3)n[nH]2)CCC1. The number of nitrogens with one attached hydrogen (secondary N) is 2. The van der Waals surface area contributed by atoms with Gasteiger partial charge in [0.05, 0.1) is 5.60 Å². The van der Waals surface area contributed by atoms with Gasteiger partial charge in [-0.15, -0.1) is 5.10 Å². The number of hydrogen-bond acceptors (Lipinski definition) is 5. The molecule has 2 fully saturated rings. The van der Waals surface area contributed by atoms with Crippen LogP contribution in [-0.2, 0) is 11.2 Å². The van der Waals surface area contributed by atoms with Crippen LogP contribution in [0.3, 0.4) is 0 Å². The molecule has 0 aromatic carbocycles. The predicted octanol–water partition coefficient (Wildman–Crippen LogP) is 0.714. The lowest BCUT2D eigenvalue weighted by Gasteiger charge is -2.39. The van der Waals surface area contributed by atoms with Gasteiger partial charge in [-0.25, -0.2) is 0 Å². The summed E-state index contributed by atoms with van der Waals surface area (Å²) in [6, 6.07) is 0.493. The van der Waals surface area contributed by atoms with E-state index in [1.54, 1.807) is 7.11 Å². The summed E-state index contributed by atoms with van der Waals surface area (Å²) in [6.07, 6.45) is 4.36. The summed E-state index contributed by atoms with van der Waals surface area (Å²) in [5.41, 5.74) is 0.00749. The highest BCUT2D eigenvalue weighted by molar-refractivity contribution is 5.30. The highest BCUT2D eigenvalue weighted by atomic mass is 16.5. The van der Waals surface area contributed by atoms with Crippen molar-refractivity contribution < 1.29 is 4.74 Å². The number of nitrogens with zero attached hydrogens (tertiary/aromatic N) is 3. The molecule has 1 atom stereocenters. The monoisotopic (exact) mass is 265 g/mol. The minimum Gasteiger partial charge on any atom is -0.378 e. The van der Waals surface area contributed by atoms with Crippen molar-refractivity contribution in [2.75, 3.05) is 31.6 Å². The second-order valence-corrected chi connectivity index (χ2v) is 5.80. The van der Waals surface area contributed by atoms with Crippen molar-refractivity contribution in [2.45, 2.75) is 44.2 Å². The molecule has 1 aromatic heterocycles. The number of methoxy groups -OCH3 is 1. The van der Waals surface area contributed by atoms with Crippen LogP contribution < -0.4 is 10.2 Å². The van der Waals surface area contributed by atoms with Crippen LogP contribution in [0.25, 0.3) is 0 Å². The van der Waals surface area contributed by atoms with Crippen LogP contribution in [0.2, 0.25) is 0 Å². The van der Waals surface area contributed by atoms with Gasteiger partial charge in [0.1, 0.15) is 5.82 Å². The highest BCUT2D eigenvalue weighted by Crippen LogP contribution is 2.37. The summed E-state index contributed by atoms with van der Waals surface area (Å²) in [5, 5.41) is 10.9. The fraction of sp³-hybridized carbons (Fsp3) is 0.846. The molecular formula is C13H23N5O. The van der Waals surface area contributed by atoms with Crippen molar-refractivity contribution in [1.29, 1.82) is 0 Å². The molecule has 6 nitrogen and oxygen atoms in total. The maximum absolute atomic E-state index is 5.64. The molecule has 0 bridgehead atoms. The molecule has 0 amide bonds. The van der Waals surface area contributed by atoms with Crippen LogP contribution in [-0.4, -0.2) is 53.6 Å². The van der Waals surface area contributed by atoms with Gasteiger partial charge in [0, 0.05) is 39.2 Å². The second kappa shape index (κ2) is 5.09. The van der Waals surface area contributed by atoms with Gasteiger partial charge >= 0.3 is 0 Å². The molecule has 1 saturated heterocycles. The van der Waals surface area contributed by atoms with E-state index in [0.29, 0.717) is 6.04 Å². The first-order valence-electron chi connectivity index (χ1n) is 7.15. The van der Waals surface area contributed by atoms with Gasteiger partial charge in [0.15, 0.2) is 0 Å². The summed E-state index contributed by atoms with van der Waals surface area (Å²) in [5.74, 6) is 1.77. The lowest BCUT2D eigenvalue weighted by atomic mass is 9.77. The van der Waals surface area contributed by atoms with E-state index in [4.69, 9.17) is 4.74 Å². The highest BCUT2D eigenvalue weighted by Gasteiger charge is 2.38. The average Bonchev–Trinajstić information content (AvgIpc) is 2.82. The van der Waals surface area contributed by atoms with Gasteiger partial charge < -0.3 is 15.0 Å². The number of piperazine rings is 1. The van der Waals surface area contributed by atoms with E-state index in [9.17, 15) is 0 Å². The number of anilines is 1. The Hall–Kier alpha value is -1.14. The minimum absolute atomic E-state index is 0.00749. The zero-order chi connectivity index (χ0) is 13.3. The van der Waals surface area contributed by atoms with E-state index >= 15 is 0 Å². The van der Waals surface area contributed by atoms with Crippen LogP contribution in [0, 0.1) is 0 Å². The number of hydrogen-bond donors (Lipinski definition) is 2. The molecule has 6 heteroatoms. The number of rotatable bonds is 4. The van der Waals surface area contributed by atoms with E-state index in [0.717, 1.165) is 50.7 Å². The first kappa shape index (κ1) is 12.9. The summed E-state index contributed by atoms with van der Waals surface area (Å²) in [7, 11) is 1.80. The molecule has 1 unspecified atom stereocenters. The van der Waals surface area contributed by atoms with Gasteiger partial charge in [0.2, 0.25) is 5.95 Å². The third-order valence-electron chi connectivity index (χ3n) is 4.36. The van der Waals surface area contributed by atoms with Crippen molar-refractivity contribution in [1.82, 2.24) is 20.5 Å². The van der Waals surface area contributed by atoms with Crippen LogP contribution in [0.15, 0.2) is 0 Å². The molecule has 0 spiro atoms. The molecular weight excluding hydrogens is 242 g/mol. The fourth-order valence-corrected chi connectivity index (χ4v) is 2.95. The molecule has 0 radical (unpaired) electrons. The maximum Gasteiger partial charge on any atom is 0.244 e. The Balaban J connectivity index is 1.65. The summed E-state index contributed by atoms with van der Waals surface area (Å²) >= 11 is 0. The van der Waals surface area contributed by atoms with Gasteiger partial charge in [-0.3, -0.25) is 5.10 Å². The van der Waals surface area contributed by atoms with E-state index in [1.807, 2.05) is 0 Å². The van der Waals surface area contributed by atoms with E-state index in [1.165, 1.54) is 6.42 Å². The smallest absolute Gasteiger partial charge is 0.244 e. The summed E-state index contributed by atoms with van der Waals surface area (Å²) in [6.45, 7) is 5.12. The van der Waals surface area contributed by atoms with E-state index in [-0.39, 0.29) is 5.60 Å². The molecule has 2 heterocycles. The Morgan fingerprint density at radius 1 is 1.47 bits per heavy atom. The molecule has 1 aliphatic heterocycles. The molecule has 3 rings (SSSR count). The van der Waals surface area contributed by atoms with Crippen molar-refractivity contribution in [3.05, 3.63) is 5.82 Å². The molecule has 2 N–H and O–H groups in total. The first-order valence-corrected chi connectivity index (χ1v) is 7.15. The maximum atomic E-state index is 5.64. The van der Waals surface area contributed by atoms with Crippen molar-refractivity contribution in [3.8, 4) is 0 Å². The lowest BCUT2D eigenvalue weighted by molar-refractivity contribution is -0.0720. The van der Waals surface area contributed by atoms with Crippen molar-refractivity contribution >= 4 is 5.95 Å². The van der Waals surface area contributed by atoms with Gasteiger partial charge in [0.25, 0.3) is 0 Å². The third kappa shape index (κ3) is 2.60. The molecule has 1 aliphatic carbocycles. The lowest BCUT2D eigenvalue weighted by Crippen LogP contribution is -2.49. The number of aromatic nitrogens is 3. The Morgan fingerprint density at radius 3 is 2.95 bits per heavy atom. The molecule has 2 aliphatic rings. The largest absolute Gasteiger partial charge is 0.378 e. The minimum atomic E-state index is 0.00749. The van der Waals surface area contributed by atoms with Crippen LogP contribution in [0.4, 0.5) is 5.95 Å². The van der Waals surface area contributed by atoms with E-state index in [2.05, 4.69) is 32.3 Å². The summed E-state index contributed by atoms with van der Waals surface area (Å²) < 4.78 is 5.64. The van der Waals surface area contributed by atoms with Crippen LogP contribution in [0.1, 0.15) is 32.0 Å². The van der Waals surface area contributed by atoms with Crippen LogP contribution in [0.5, 0.6) is 0 Å². The Labute approximate surface area is 113 Å². The van der Waals surface area contributed by atoms with Crippen molar-refractivity contribution in [2.24, 2.45) is 0 Å². The fourth-order valence-electron chi connectivity index (χ4n) is 2.95. The van der Waals surface area contributed by atoms with Gasteiger partial charge in [-0.05, 0) is 26.2 Å². The Morgan fingerprint density at radius 2 is 2.32 bits per heavy atom. The normalized spacial score (nSPS) is 26.2. The number of ether oxygens (including phenoxy) is 1. The van der Waals surface area contributed by atoms with Crippen LogP contribution >= 0.6 is 0 Å². The standard InChI is InChI=1S/C13H23N5O/c1-10-9-18(7-6-14-10)12-15-11(16-17-12)8-13(19-2)4-3-5-13/h10,14H,3-9H2,1-2H3,(H,15,16,17). The first-order chi connectivity index (χ1) is 9.21. The molecule has 1 aromatic rings. The zero-order valence-electron chi connectivity index (χ0n) is 11.8. The topological polar surface area (TPSA) is 66.1 Å². The molecule has 19 heavy (non-hydrogen) atoms. The Kier molecular flexibility index (Phi) is 3.45. The quantitative estimate of drug-likeness (QED) is 0.839. The predicted molar refractivity (Wildman–Crippen MR) is 73.4 cm³/mol. The number of H-pyrrole nitrogens is 1. The third-order valence-corrected chi connectivity index (χ3v) is 4.36. The van der Waals surface area contributed by atoms with Crippen molar-refractivity contribution in [3.63, 3.8) is 0 Å². The zero-order valence-corrected chi connectivity index (χ0v) is 11.8. The Bertz CT molecular complexity index is 423. The second-order valence-electron chi connectivity index (χ2n) is 5.80. The van der Waals surface area contributed by atoms with Gasteiger partial charge in [-0.1, -0.05) is 0 Å². The van der Waals surface area contributed by atoms with E-state index < -0.39 is 0 Å².